The van der Waals surface area contributed by atoms with Crippen molar-refractivity contribution in [1.82, 2.24) is 10.3 Å². The Hall–Kier alpha value is -2.62. The van der Waals surface area contributed by atoms with E-state index in [0.717, 1.165) is 23.1 Å². The van der Waals surface area contributed by atoms with Crippen molar-refractivity contribution < 1.29 is 5.11 Å². The molecule has 0 radical (unpaired) electrons. The average molecular weight is 316 g/mol. The number of hydrogen-bond donors (Lipinski definition) is 3. The predicted octanol–water partition coefficient (Wildman–Crippen LogP) is 4.14. The van der Waals surface area contributed by atoms with Gasteiger partial charge in [-0.05, 0) is 23.3 Å². The van der Waals surface area contributed by atoms with Gasteiger partial charge in [-0.3, -0.25) is 0 Å². The third-order valence-electron chi connectivity index (χ3n) is 4.42. The molecule has 3 aromatic carbocycles. The van der Waals surface area contributed by atoms with Crippen LogP contribution in [0.25, 0.3) is 21.8 Å². The number of benzene rings is 3. The molecule has 4 rings (SSSR count). The molecular formula is C21H20N2O. The largest absolute Gasteiger partial charge is 0.387 e. The van der Waals surface area contributed by atoms with Crippen molar-refractivity contribution in [3.05, 3.63) is 83.9 Å². The highest BCUT2D eigenvalue weighted by Gasteiger charge is 2.10. The van der Waals surface area contributed by atoms with Crippen LogP contribution < -0.4 is 5.32 Å². The van der Waals surface area contributed by atoms with E-state index in [1.165, 1.54) is 16.3 Å². The second-order valence-corrected chi connectivity index (χ2v) is 6.11. The summed E-state index contributed by atoms with van der Waals surface area (Å²) < 4.78 is 0. The van der Waals surface area contributed by atoms with E-state index in [1.54, 1.807) is 0 Å². The van der Waals surface area contributed by atoms with E-state index < -0.39 is 6.10 Å². The molecular weight excluding hydrogens is 296 g/mol. The van der Waals surface area contributed by atoms with Crippen molar-refractivity contribution in [3.63, 3.8) is 0 Å². The molecule has 3 heteroatoms. The molecule has 0 aliphatic rings. The summed E-state index contributed by atoms with van der Waals surface area (Å²) in [6.07, 6.45) is -0.524. The van der Waals surface area contributed by atoms with Gasteiger partial charge in [-0.2, -0.15) is 0 Å². The minimum absolute atomic E-state index is 0.524. The van der Waals surface area contributed by atoms with Gasteiger partial charge < -0.3 is 15.4 Å². The number of aromatic nitrogens is 1. The quantitative estimate of drug-likeness (QED) is 0.518. The van der Waals surface area contributed by atoms with Gasteiger partial charge in [0.25, 0.3) is 0 Å². The van der Waals surface area contributed by atoms with Gasteiger partial charge in [0.05, 0.1) is 6.10 Å². The smallest absolute Gasteiger partial charge is 0.0915 e. The molecule has 0 aliphatic carbocycles. The number of H-pyrrole nitrogens is 1. The van der Waals surface area contributed by atoms with E-state index in [9.17, 15) is 5.11 Å². The lowest BCUT2D eigenvalue weighted by Crippen LogP contribution is -2.21. The SMILES string of the molecule is OC(CNCc1ccccc1)c1ccc2c(c1)[nH]c1ccccc12. The van der Waals surface area contributed by atoms with Gasteiger partial charge in [0.1, 0.15) is 0 Å². The first-order valence-corrected chi connectivity index (χ1v) is 8.24. The number of aromatic amines is 1. The number of rotatable bonds is 5. The van der Waals surface area contributed by atoms with E-state index in [0.29, 0.717) is 6.54 Å². The average Bonchev–Trinajstić information content (AvgIpc) is 3.00. The molecule has 1 atom stereocenters. The number of aliphatic hydroxyl groups is 1. The molecule has 1 heterocycles. The normalized spacial score (nSPS) is 12.7. The second kappa shape index (κ2) is 6.48. The molecule has 3 N–H and O–H groups in total. The first-order chi connectivity index (χ1) is 11.8. The van der Waals surface area contributed by atoms with Crippen molar-refractivity contribution in [1.29, 1.82) is 0 Å². The van der Waals surface area contributed by atoms with Crippen LogP contribution in [-0.2, 0) is 6.54 Å². The molecule has 120 valence electrons. The van der Waals surface area contributed by atoms with Crippen molar-refractivity contribution >= 4 is 21.8 Å². The minimum atomic E-state index is -0.524. The summed E-state index contributed by atoms with van der Waals surface area (Å²) in [7, 11) is 0. The zero-order valence-corrected chi connectivity index (χ0v) is 13.4. The number of fused-ring (bicyclic) bond motifs is 3. The van der Waals surface area contributed by atoms with E-state index >= 15 is 0 Å². The fourth-order valence-corrected chi connectivity index (χ4v) is 3.15. The summed E-state index contributed by atoms with van der Waals surface area (Å²) in [4.78, 5) is 3.42. The predicted molar refractivity (Wildman–Crippen MR) is 98.9 cm³/mol. The Balaban J connectivity index is 1.49. The Labute approximate surface area is 140 Å². The number of hydrogen-bond acceptors (Lipinski definition) is 2. The number of nitrogens with one attached hydrogen (secondary N) is 2. The maximum atomic E-state index is 10.5. The summed E-state index contributed by atoms with van der Waals surface area (Å²) >= 11 is 0. The molecule has 24 heavy (non-hydrogen) atoms. The van der Waals surface area contributed by atoms with Gasteiger partial charge in [-0.25, -0.2) is 0 Å². The van der Waals surface area contributed by atoms with Crippen LogP contribution in [0.2, 0.25) is 0 Å². The first-order valence-electron chi connectivity index (χ1n) is 8.24. The van der Waals surface area contributed by atoms with E-state index in [4.69, 9.17) is 0 Å². The maximum Gasteiger partial charge on any atom is 0.0915 e. The lowest BCUT2D eigenvalue weighted by Gasteiger charge is -2.12. The summed E-state index contributed by atoms with van der Waals surface area (Å²) in [5, 5.41) is 16.2. The van der Waals surface area contributed by atoms with E-state index in [1.807, 2.05) is 42.5 Å². The molecule has 0 spiro atoms. The van der Waals surface area contributed by atoms with Crippen LogP contribution >= 0.6 is 0 Å². The van der Waals surface area contributed by atoms with Gasteiger partial charge in [0.15, 0.2) is 0 Å². The lowest BCUT2D eigenvalue weighted by molar-refractivity contribution is 0.174. The van der Waals surface area contributed by atoms with Crippen molar-refractivity contribution in [2.24, 2.45) is 0 Å². The summed E-state index contributed by atoms with van der Waals surface area (Å²) in [6.45, 7) is 1.28. The fraction of sp³-hybridized carbons (Fsp3) is 0.143. The highest BCUT2D eigenvalue weighted by atomic mass is 16.3. The van der Waals surface area contributed by atoms with Gasteiger partial charge in [-0.15, -0.1) is 0 Å². The highest BCUT2D eigenvalue weighted by Crippen LogP contribution is 2.27. The first kappa shape index (κ1) is 14.9. The molecule has 0 amide bonds. The zero-order valence-electron chi connectivity index (χ0n) is 13.4. The fourth-order valence-electron chi connectivity index (χ4n) is 3.15. The molecule has 0 fully saturated rings. The number of aliphatic hydroxyl groups excluding tert-OH is 1. The monoisotopic (exact) mass is 316 g/mol. The second-order valence-electron chi connectivity index (χ2n) is 6.11. The van der Waals surface area contributed by atoms with Crippen LogP contribution in [0.4, 0.5) is 0 Å². The van der Waals surface area contributed by atoms with Crippen LogP contribution in [0.5, 0.6) is 0 Å². The molecule has 4 aromatic rings. The summed E-state index contributed by atoms with van der Waals surface area (Å²) in [6, 6.07) is 24.6. The highest BCUT2D eigenvalue weighted by molar-refractivity contribution is 6.07. The molecule has 0 saturated carbocycles. The Bertz CT molecular complexity index is 959. The topological polar surface area (TPSA) is 48.0 Å². The molecule has 0 saturated heterocycles. The lowest BCUT2D eigenvalue weighted by atomic mass is 10.1. The third-order valence-corrected chi connectivity index (χ3v) is 4.42. The van der Waals surface area contributed by atoms with E-state index in [-0.39, 0.29) is 0 Å². The molecule has 1 unspecified atom stereocenters. The zero-order chi connectivity index (χ0) is 16.4. The standard InChI is InChI=1S/C21H20N2O/c24-21(14-22-13-15-6-2-1-3-7-15)16-10-11-18-17-8-4-5-9-19(17)23-20(18)12-16/h1-12,21-24H,13-14H2. The third kappa shape index (κ3) is 2.92. The van der Waals surface area contributed by atoms with Crippen LogP contribution in [0.15, 0.2) is 72.8 Å². The summed E-state index contributed by atoms with van der Waals surface area (Å²) in [5.74, 6) is 0. The molecule has 1 aromatic heterocycles. The van der Waals surface area contributed by atoms with Crippen LogP contribution in [0.1, 0.15) is 17.2 Å². The molecule has 0 aliphatic heterocycles. The van der Waals surface area contributed by atoms with Crippen molar-refractivity contribution in [2.45, 2.75) is 12.6 Å². The minimum Gasteiger partial charge on any atom is -0.387 e. The van der Waals surface area contributed by atoms with Gasteiger partial charge >= 0.3 is 0 Å². The Kier molecular flexibility index (Phi) is 4.03. The van der Waals surface area contributed by atoms with Crippen LogP contribution in [0, 0.1) is 0 Å². The molecule has 0 bridgehead atoms. The van der Waals surface area contributed by atoms with Crippen molar-refractivity contribution in [3.8, 4) is 0 Å². The molecule has 3 nitrogen and oxygen atoms in total. The maximum absolute atomic E-state index is 10.5. The van der Waals surface area contributed by atoms with Crippen molar-refractivity contribution in [2.75, 3.05) is 6.54 Å². The van der Waals surface area contributed by atoms with Gasteiger partial charge in [0.2, 0.25) is 0 Å². The van der Waals surface area contributed by atoms with Gasteiger partial charge in [-0.1, -0.05) is 60.7 Å². The van der Waals surface area contributed by atoms with Gasteiger partial charge in [0, 0.05) is 34.9 Å². The van der Waals surface area contributed by atoms with Crippen LogP contribution in [0.3, 0.4) is 0 Å². The summed E-state index contributed by atoms with van der Waals surface area (Å²) in [5.41, 5.74) is 4.34. The van der Waals surface area contributed by atoms with Crippen LogP contribution in [-0.4, -0.2) is 16.6 Å². The Morgan fingerprint density at radius 3 is 2.46 bits per heavy atom. The number of para-hydroxylation sites is 1. The Morgan fingerprint density at radius 1 is 0.833 bits per heavy atom. The van der Waals surface area contributed by atoms with E-state index in [2.05, 4.69) is 40.6 Å². The Morgan fingerprint density at radius 2 is 1.58 bits per heavy atom.